The van der Waals surface area contributed by atoms with Crippen LogP contribution in [-0.2, 0) is 22.4 Å². The van der Waals surface area contributed by atoms with Gasteiger partial charge in [-0.15, -0.1) is 11.3 Å². The van der Waals surface area contributed by atoms with Crippen molar-refractivity contribution in [2.24, 2.45) is 0 Å². The summed E-state index contributed by atoms with van der Waals surface area (Å²) >= 11 is 1.62. The Balaban J connectivity index is 1.38. The first-order valence-electron chi connectivity index (χ1n) is 11.4. The molecule has 1 unspecified atom stereocenters. The predicted molar refractivity (Wildman–Crippen MR) is 116 cm³/mol. The molecule has 2 aliphatic carbocycles. The normalized spacial score (nSPS) is 20.5. The number of likely N-dealkylation sites (tertiary alicyclic amines) is 1. The second-order valence-corrected chi connectivity index (χ2v) is 9.68. The number of nitrogens with one attached hydrogen (secondary N) is 1. The number of hydrogen-bond acceptors (Lipinski definition) is 7. The summed E-state index contributed by atoms with van der Waals surface area (Å²) < 4.78 is 10.7. The summed E-state index contributed by atoms with van der Waals surface area (Å²) in [6, 6.07) is -0.296. The van der Waals surface area contributed by atoms with E-state index in [9.17, 15) is 9.59 Å². The van der Waals surface area contributed by atoms with Gasteiger partial charge in [-0.05, 0) is 63.9 Å². The van der Waals surface area contributed by atoms with Crippen LogP contribution in [0.3, 0.4) is 0 Å². The van der Waals surface area contributed by atoms with Crippen LogP contribution in [0.25, 0.3) is 11.5 Å². The smallest absolute Gasteiger partial charge is 0.322 e. The molecule has 2 aromatic rings. The van der Waals surface area contributed by atoms with Gasteiger partial charge in [0, 0.05) is 23.4 Å². The Morgan fingerprint density at radius 3 is 2.87 bits per heavy atom. The number of amides is 2. The number of esters is 1. The molecule has 8 nitrogen and oxygen atoms in total. The van der Waals surface area contributed by atoms with Crippen LogP contribution < -0.4 is 5.32 Å². The van der Waals surface area contributed by atoms with E-state index in [2.05, 4.69) is 15.5 Å². The van der Waals surface area contributed by atoms with Crippen molar-refractivity contribution in [3.05, 3.63) is 16.3 Å². The van der Waals surface area contributed by atoms with E-state index in [0.29, 0.717) is 25.0 Å². The van der Waals surface area contributed by atoms with Gasteiger partial charge in [0.25, 0.3) is 5.89 Å². The van der Waals surface area contributed by atoms with Gasteiger partial charge in [-0.25, -0.2) is 4.79 Å². The summed E-state index contributed by atoms with van der Waals surface area (Å²) in [4.78, 5) is 32.9. The highest BCUT2D eigenvalue weighted by atomic mass is 32.1. The van der Waals surface area contributed by atoms with E-state index >= 15 is 0 Å². The molecule has 0 radical (unpaired) electrons. The Morgan fingerprint density at radius 1 is 1.23 bits per heavy atom. The van der Waals surface area contributed by atoms with Gasteiger partial charge in [0.05, 0.1) is 18.6 Å². The van der Waals surface area contributed by atoms with Gasteiger partial charge in [0.15, 0.2) is 5.82 Å². The SMILES string of the molecule is CCOC(=O)CC1CCCN1C(=O)Nc1sc2c(c1-c1nc(C3CC3)no1)CCCC2. The number of fused-ring (bicyclic) bond motifs is 1. The molecule has 1 N–H and O–H groups in total. The van der Waals surface area contributed by atoms with Gasteiger partial charge < -0.3 is 14.2 Å². The number of carbonyl (C=O) groups is 2. The topological polar surface area (TPSA) is 97.6 Å². The maximum atomic E-state index is 13.2. The van der Waals surface area contributed by atoms with Crippen molar-refractivity contribution in [2.75, 3.05) is 18.5 Å². The van der Waals surface area contributed by atoms with Gasteiger partial charge in [0.2, 0.25) is 0 Å². The van der Waals surface area contributed by atoms with Crippen LogP contribution >= 0.6 is 11.3 Å². The first-order valence-corrected chi connectivity index (χ1v) is 12.2. The molecule has 1 aliphatic heterocycles. The summed E-state index contributed by atoms with van der Waals surface area (Å²) in [6.45, 7) is 2.79. The Labute approximate surface area is 185 Å². The zero-order chi connectivity index (χ0) is 21.4. The number of aromatic nitrogens is 2. The summed E-state index contributed by atoms with van der Waals surface area (Å²) in [7, 11) is 0. The van der Waals surface area contributed by atoms with E-state index in [1.807, 2.05) is 0 Å². The number of nitrogens with zero attached hydrogens (tertiary/aromatic N) is 3. The lowest BCUT2D eigenvalue weighted by molar-refractivity contribution is -0.144. The third-order valence-electron chi connectivity index (χ3n) is 6.34. The maximum Gasteiger partial charge on any atom is 0.322 e. The van der Waals surface area contributed by atoms with E-state index in [1.165, 1.54) is 10.4 Å². The molecule has 3 heterocycles. The number of hydrogen-bond donors (Lipinski definition) is 1. The van der Waals surface area contributed by atoms with E-state index in [-0.39, 0.29) is 24.5 Å². The molecular weight excluding hydrogens is 416 g/mol. The highest BCUT2D eigenvalue weighted by Crippen LogP contribution is 2.45. The highest BCUT2D eigenvalue weighted by Gasteiger charge is 2.34. The summed E-state index contributed by atoms with van der Waals surface area (Å²) in [5.41, 5.74) is 2.13. The maximum absolute atomic E-state index is 13.2. The van der Waals surface area contributed by atoms with E-state index in [0.717, 1.165) is 67.8 Å². The molecule has 2 aromatic heterocycles. The third-order valence-corrected chi connectivity index (χ3v) is 7.54. The zero-order valence-corrected chi connectivity index (χ0v) is 18.6. The Morgan fingerprint density at radius 2 is 2.06 bits per heavy atom. The molecule has 1 saturated heterocycles. The number of rotatable bonds is 6. The van der Waals surface area contributed by atoms with Gasteiger partial charge in [0.1, 0.15) is 5.00 Å². The van der Waals surface area contributed by atoms with Crippen LogP contribution in [0.15, 0.2) is 4.52 Å². The van der Waals surface area contributed by atoms with Crippen LogP contribution in [0.5, 0.6) is 0 Å². The number of urea groups is 1. The summed E-state index contributed by atoms with van der Waals surface area (Å²) in [5.74, 6) is 1.45. The van der Waals surface area contributed by atoms with E-state index in [4.69, 9.17) is 9.26 Å². The van der Waals surface area contributed by atoms with E-state index < -0.39 is 0 Å². The molecule has 2 fully saturated rings. The fourth-order valence-corrected chi connectivity index (χ4v) is 5.89. The van der Waals surface area contributed by atoms with Crippen molar-refractivity contribution in [3.8, 4) is 11.5 Å². The van der Waals surface area contributed by atoms with Crippen molar-refractivity contribution < 1.29 is 18.8 Å². The zero-order valence-electron chi connectivity index (χ0n) is 17.8. The quantitative estimate of drug-likeness (QED) is 0.659. The minimum atomic E-state index is -0.252. The van der Waals surface area contributed by atoms with Gasteiger partial charge in [-0.1, -0.05) is 5.16 Å². The van der Waals surface area contributed by atoms with Crippen LogP contribution in [0, 0.1) is 0 Å². The van der Waals surface area contributed by atoms with Crippen LogP contribution in [0.1, 0.15) is 74.1 Å². The fraction of sp³-hybridized carbons (Fsp3) is 0.636. The summed E-state index contributed by atoms with van der Waals surface area (Å²) in [5, 5.41) is 8.09. The number of carbonyl (C=O) groups excluding carboxylic acids is 2. The second-order valence-electron chi connectivity index (χ2n) is 8.58. The lowest BCUT2D eigenvalue weighted by Crippen LogP contribution is -2.39. The molecule has 1 saturated carbocycles. The number of thiophene rings is 1. The first kappa shape index (κ1) is 20.5. The number of ether oxygens (including phenoxy) is 1. The molecular formula is C22H28N4O4S. The molecule has 5 rings (SSSR count). The number of aryl methyl sites for hydroxylation is 1. The molecule has 0 aromatic carbocycles. The number of anilines is 1. The van der Waals surface area contributed by atoms with Crippen molar-refractivity contribution in [1.29, 1.82) is 0 Å². The molecule has 31 heavy (non-hydrogen) atoms. The molecule has 166 valence electrons. The fourth-order valence-electron chi connectivity index (χ4n) is 4.62. The Bertz CT molecular complexity index is 980. The first-order chi connectivity index (χ1) is 15.1. The minimum absolute atomic E-state index is 0.123. The van der Waals surface area contributed by atoms with Crippen LogP contribution in [0.2, 0.25) is 0 Å². The molecule has 2 amide bonds. The van der Waals surface area contributed by atoms with Crippen LogP contribution in [-0.4, -0.2) is 46.2 Å². The van der Waals surface area contributed by atoms with Crippen molar-refractivity contribution in [3.63, 3.8) is 0 Å². The standard InChI is InChI=1S/C22H28N4O4S/c1-2-29-17(27)12-14-6-5-11-26(14)22(28)24-21-18(15-7-3-4-8-16(15)31-21)20-23-19(25-30-20)13-9-10-13/h13-14H,2-12H2,1H3,(H,24,28). The highest BCUT2D eigenvalue weighted by molar-refractivity contribution is 7.17. The monoisotopic (exact) mass is 444 g/mol. The molecule has 0 spiro atoms. The average molecular weight is 445 g/mol. The lowest BCUT2D eigenvalue weighted by Gasteiger charge is -2.24. The van der Waals surface area contributed by atoms with E-state index in [1.54, 1.807) is 23.2 Å². The minimum Gasteiger partial charge on any atom is -0.466 e. The summed E-state index contributed by atoms with van der Waals surface area (Å²) in [6.07, 6.45) is 8.43. The largest absolute Gasteiger partial charge is 0.466 e. The third kappa shape index (κ3) is 4.20. The molecule has 9 heteroatoms. The Hall–Kier alpha value is -2.42. The van der Waals surface area contributed by atoms with Gasteiger partial charge in [-0.3, -0.25) is 10.1 Å². The van der Waals surface area contributed by atoms with Crippen molar-refractivity contribution in [2.45, 2.75) is 76.7 Å². The predicted octanol–water partition coefficient (Wildman–Crippen LogP) is 4.50. The second kappa shape index (κ2) is 8.61. The average Bonchev–Trinajstić information content (AvgIpc) is 3.16. The Kier molecular flexibility index (Phi) is 5.69. The van der Waals surface area contributed by atoms with Crippen molar-refractivity contribution >= 4 is 28.3 Å². The molecule has 1 atom stereocenters. The van der Waals surface area contributed by atoms with Crippen LogP contribution in [0.4, 0.5) is 9.80 Å². The molecule has 0 bridgehead atoms. The lowest BCUT2D eigenvalue weighted by atomic mass is 9.95. The molecule has 3 aliphatic rings. The van der Waals surface area contributed by atoms with Gasteiger partial charge >= 0.3 is 12.0 Å². The van der Waals surface area contributed by atoms with Crippen molar-refractivity contribution in [1.82, 2.24) is 15.0 Å². The van der Waals surface area contributed by atoms with Gasteiger partial charge in [-0.2, -0.15) is 4.98 Å².